The predicted octanol–water partition coefficient (Wildman–Crippen LogP) is 4.91. The van der Waals surface area contributed by atoms with Gasteiger partial charge in [0.05, 0.1) is 12.2 Å². The monoisotopic (exact) mass is 360 g/mol. The van der Waals surface area contributed by atoms with Gasteiger partial charge in [0.25, 0.3) is 0 Å². The number of aromatic nitrogens is 2. The van der Waals surface area contributed by atoms with E-state index in [4.69, 9.17) is 39.5 Å². The lowest BCUT2D eigenvalue weighted by Gasteiger charge is -2.21. The first kappa shape index (κ1) is 15.4. The van der Waals surface area contributed by atoms with Gasteiger partial charge >= 0.3 is 0 Å². The molecule has 7 heteroatoms. The van der Waals surface area contributed by atoms with Crippen molar-refractivity contribution >= 4 is 46.6 Å². The highest BCUT2D eigenvalue weighted by atomic mass is 35.5. The van der Waals surface area contributed by atoms with Gasteiger partial charge in [0.15, 0.2) is 5.82 Å². The molecule has 1 unspecified atom stereocenters. The van der Waals surface area contributed by atoms with Gasteiger partial charge in [-0.3, -0.25) is 0 Å². The molecule has 1 aliphatic heterocycles. The molecule has 1 aliphatic rings. The van der Waals surface area contributed by atoms with Crippen LogP contribution in [0, 0.1) is 0 Å². The molecule has 0 N–H and O–H groups in total. The molecule has 1 aromatic heterocycles. The number of nitrogens with zero attached hydrogens (tertiary/aromatic N) is 2. The Labute approximate surface area is 142 Å². The van der Waals surface area contributed by atoms with Crippen molar-refractivity contribution in [3.05, 3.63) is 45.4 Å². The number of benzene rings is 1. The van der Waals surface area contributed by atoms with Crippen LogP contribution in [0.1, 0.15) is 11.9 Å². The zero-order chi connectivity index (χ0) is 14.8. The maximum atomic E-state index is 6.30. The molecule has 1 saturated heterocycles. The van der Waals surface area contributed by atoms with E-state index in [2.05, 4.69) is 9.97 Å². The fourth-order valence-electron chi connectivity index (χ4n) is 2.09. The van der Waals surface area contributed by atoms with Crippen molar-refractivity contribution in [1.29, 1.82) is 0 Å². The van der Waals surface area contributed by atoms with Gasteiger partial charge in [0.2, 0.25) is 0 Å². The lowest BCUT2D eigenvalue weighted by molar-refractivity contribution is 0.0694. The lowest BCUT2D eigenvalue weighted by atomic mass is 10.1. The average Bonchev–Trinajstić information content (AvgIpc) is 2.49. The quantitative estimate of drug-likeness (QED) is 0.712. The molecule has 0 aliphatic carbocycles. The molecule has 2 heterocycles. The highest BCUT2D eigenvalue weighted by molar-refractivity contribution is 7.99. The fourth-order valence-corrected chi connectivity index (χ4v) is 3.76. The number of thioether (sulfide) groups is 1. The Kier molecular flexibility index (Phi) is 4.92. The van der Waals surface area contributed by atoms with Crippen molar-refractivity contribution in [3.8, 4) is 11.1 Å². The molecule has 2 aromatic rings. The average molecular weight is 362 g/mol. The Bertz CT molecular complexity index is 639. The Morgan fingerprint density at radius 2 is 1.81 bits per heavy atom. The molecular weight excluding hydrogens is 351 g/mol. The first-order chi connectivity index (χ1) is 10.2. The van der Waals surface area contributed by atoms with E-state index in [1.54, 1.807) is 17.8 Å². The van der Waals surface area contributed by atoms with Crippen molar-refractivity contribution in [2.24, 2.45) is 0 Å². The summed E-state index contributed by atoms with van der Waals surface area (Å²) in [7, 11) is 0. The third-order valence-corrected chi connectivity index (χ3v) is 4.96. The smallest absolute Gasteiger partial charge is 0.161 e. The van der Waals surface area contributed by atoms with Crippen molar-refractivity contribution in [2.75, 3.05) is 18.1 Å². The second-order valence-electron chi connectivity index (χ2n) is 4.45. The minimum absolute atomic E-state index is 0.168. The van der Waals surface area contributed by atoms with Crippen LogP contribution in [0.2, 0.25) is 15.3 Å². The van der Waals surface area contributed by atoms with E-state index < -0.39 is 0 Å². The van der Waals surface area contributed by atoms with Crippen molar-refractivity contribution in [3.63, 3.8) is 0 Å². The molecule has 0 saturated carbocycles. The molecule has 0 spiro atoms. The van der Waals surface area contributed by atoms with Gasteiger partial charge < -0.3 is 4.74 Å². The van der Waals surface area contributed by atoms with E-state index in [1.807, 2.05) is 18.2 Å². The van der Waals surface area contributed by atoms with E-state index in [9.17, 15) is 0 Å². The molecule has 110 valence electrons. The minimum atomic E-state index is -0.168. The summed E-state index contributed by atoms with van der Waals surface area (Å²) in [6, 6.07) is 7.32. The van der Waals surface area contributed by atoms with Crippen LogP contribution in [0.3, 0.4) is 0 Å². The molecule has 21 heavy (non-hydrogen) atoms. The Balaban J connectivity index is 2.02. The van der Waals surface area contributed by atoms with E-state index in [0.717, 1.165) is 17.1 Å². The second kappa shape index (κ2) is 6.71. The molecule has 1 atom stereocenters. The molecule has 0 amide bonds. The first-order valence-electron chi connectivity index (χ1n) is 6.34. The summed E-state index contributed by atoms with van der Waals surface area (Å²) in [6.07, 6.45) is -0.168. The Morgan fingerprint density at radius 1 is 1.10 bits per heavy atom. The summed E-state index contributed by atoms with van der Waals surface area (Å²) < 4.78 is 5.65. The van der Waals surface area contributed by atoms with Crippen LogP contribution in [0.4, 0.5) is 0 Å². The van der Waals surface area contributed by atoms with Crippen molar-refractivity contribution in [1.82, 2.24) is 9.97 Å². The highest BCUT2D eigenvalue weighted by Gasteiger charge is 2.23. The zero-order valence-electron chi connectivity index (χ0n) is 10.9. The Morgan fingerprint density at radius 3 is 2.43 bits per heavy atom. The molecular formula is C14H11Cl3N2OS. The van der Waals surface area contributed by atoms with E-state index in [1.165, 1.54) is 0 Å². The van der Waals surface area contributed by atoms with Gasteiger partial charge in [-0.2, -0.15) is 11.8 Å². The topological polar surface area (TPSA) is 35.0 Å². The summed E-state index contributed by atoms with van der Waals surface area (Å²) in [5.41, 5.74) is 1.27. The van der Waals surface area contributed by atoms with E-state index in [0.29, 0.717) is 23.0 Å². The summed E-state index contributed by atoms with van der Waals surface area (Å²) in [5, 5.41) is 1.14. The van der Waals surface area contributed by atoms with Gasteiger partial charge in [0, 0.05) is 22.1 Å². The normalized spacial score (nSPS) is 18.7. The van der Waals surface area contributed by atoms with Gasteiger partial charge in [-0.1, -0.05) is 53.0 Å². The van der Waals surface area contributed by atoms with Crippen LogP contribution in [-0.4, -0.2) is 28.1 Å². The number of halogens is 3. The fraction of sp³-hybridized carbons (Fsp3) is 0.286. The molecule has 0 bridgehead atoms. The molecule has 3 rings (SSSR count). The van der Waals surface area contributed by atoms with Crippen molar-refractivity contribution in [2.45, 2.75) is 6.10 Å². The number of ether oxygens (including phenoxy) is 1. The molecule has 1 fully saturated rings. The van der Waals surface area contributed by atoms with Crippen LogP contribution in [0.5, 0.6) is 0 Å². The van der Waals surface area contributed by atoms with Gasteiger partial charge in [-0.15, -0.1) is 0 Å². The highest BCUT2D eigenvalue weighted by Crippen LogP contribution is 2.37. The summed E-state index contributed by atoms with van der Waals surface area (Å²) in [4.78, 5) is 8.70. The van der Waals surface area contributed by atoms with Crippen LogP contribution >= 0.6 is 46.6 Å². The first-order valence-corrected chi connectivity index (χ1v) is 8.63. The number of hydrogen-bond acceptors (Lipinski definition) is 4. The number of hydrogen-bond donors (Lipinski definition) is 0. The zero-order valence-corrected chi connectivity index (χ0v) is 13.9. The molecule has 3 nitrogen and oxygen atoms in total. The van der Waals surface area contributed by atoms with Gasteiger partial charge in [0.1, 0.15) is 16.4 Å². The summed E-state index contributed by atoms with van der Waals surface area (Å²) in [6.45, 7) is 0.681. The maximum absolute atomic E-state index is 6.30. The lowest BCUT2D eigenvalue weighted by Crippen LogP contribution is -2.18. The molecule has 0 radical (unpaired) electrons. The SMILES string of the molecule is Clc1ccccc1-c1c(Cl)nc(C2CSCCO2)nc1Cl. The minimum Gasteiger partial charge on any atom is -0.368 e. The molecule has 1 aromatic carbocycles. The third-order valence-electron chi connectivity index (χ3n) is 3.09. The van der Waals surface area contributed by atoms with Crippen LogP contribution in [0.25, 0.3) is 11.1 Å². The maximum Gasteiger partial charge on any atom is 0.161 e. The van der Waals surface area contributed by atoms with Gasteiger partial charge in [-0.25, -0.2) is 9.97 Å². The summed E-state index contributed by atoms with van der Waals surface area (Å²) in [5.74, 6) is 2.31. The van der Waals surface area contributed by atoms with Crippen LogP contribution < -0.4 is 0 Å². The predicted molar refractivity (Wildman–Crippen MR) is 88.5 cm³/mol. The van der Waals surface area contributed by atoms with Crippen molar-refractivity contribution < 1.29 is 4.74 Å². The second-order valence-corrected chi connectivity index (χ2v) is 6.73. The summed E-state index contributed by atoms with van der Waals surface area (Å²) >= 11 is 20.6. The standard InChI is InChI=1S/C14H11Cl3N2OS/c15-9-4-2-1-3-8(9)11-12(16)18-14(19-13(11)17)10-7-21-6-5-20-10/h1-4,10H,5-7H2. The number of rotatable bonds is 2. The third kappa shape index (κ3) is 3.30. The van der Waals surface area contributed by atoms with Crippen LogP contribution in [-0.2, 0) is 4.74 Å². The van der Waals surface area contributed by atoms with E-state index >= 15 is 0 Å². The van der Waals surface area contributed by atoms with E-state index in [-0.39, 0.29) is 16.4 Å². The Hall–Kier alpha value is -0.520. The van der Waals surface area contributed by atoms with Gasteiger partial charge in [-0.05, 0) is 6.07 Å². The largest absolute Gasteiger partial charge is 0.368 e. The van der Waals surface area contributed by atoms with Crippen LogP contribution in [0.15, 0.2) is 24.3 Å².